The molecule has 2 saturated heterocycles. The van der Waals surface area contributed by atoms with Crippen molar-refractivity contribution in [2.45, 2.75) is 12.5 Å². The Hall–Kier alpha value is -2.28. The van der Waals surface area contributed by atoms with Gasteiger partial charge in [-0.15, -0.1) is 0 Å². The molecule has 1 unspecified atom stereocenters. The molecular weight excluding hydrogens is 413 g/mol. The molecule has 0 aromatic heterocycles. The van der Waals surface area contributed by atoms with Crippen LogP contribution in [0.5, 0.6) is 5.75 Å². The van der Waals surface area contributed by atoms with Crippen LogP contribution in [0, 0.1) is 0 Å². The smallest absolute Gasteiger partial charge is 0.251 e. The number of methoxy groups -OCH3 is 1. The highest BCUT2D eigenvalue weighted by Crippen LogP contribution is 2.33. The lowest BCUT2D eigenvalue weighted by atomic mass is 10.1. The molecule has 2 aromatic carbocycles. The van der Waals surface area contributed by atoms with Gasteiger partial charge < -0.3 is 9.64 Å². The molecule has 2 amide bonds. The molecule has 6 nitrogen and oxygen atoms in total. The average Bonchev–Trinajstić information content (AvgIpc) is 3.02. The van der Waals surface area contributed by atoms with E-state index in [0.29, 0.717) is 29.5 Å². The van der Waals surface area contributed by atoms with E-state index in [1.165, 1.54) is 12.0 Å². The Morgan fingerprint density at radius 2 is 1.69 bits per heavy atom. The summed E-state index contributed by atoms with van der Waals surface area (Å²) in [5.74, 6) is 0.0824. The molecule has 8 heteroatoms. The Kier molecular flexibility index (Phi) is 5.67. The number of carbonyl (C=O) groups excluding carboxylic acids is 2. The summed E-state index contributed by atoms with van der Waals surface area (Å²) in [5, 5.41) is 1.08. The molecule has 2 aliphatic rings. The van der Waals surface area contributed by atoms with Crippen molar-refractivity contribution in [1.29, 1.82) is 0 Å². The highest BCUT2D eigenvalue weighted by atomic mass is 35.5. The second-order valence-electron chi connectivity index (χ2n) is 7.08. The zero-order valence-electron chi connectivity index (χ0n) is 16.0. The maximum Gasteiger partial charge on any atom is 0.251 e. The molecule has 2 aromatic rings. The second kappa shape index (κ2) is 8.22. The minimum atomic E-state index is -0.447. The normalized spacial score (nSPS) is 20.4. The van der Waals surface area contributed by atoms with Crippen molar-refractivity contribution in [3.05, 3.63) is 52.5 Å². The van der Waals surface area contributed by atoms with Crippen LogP contribution in [0.4, 0.5) is 11.4 Å². The van der Waals surface area contributed by atoms with Gasteiger partial charge >= 0.3 is 0 Å². The maximum absolute atomic E-state index is 13.0. The Labute approximate surface area is 179 Å². The minimum absolute atomic E-state index is 0.175. The lowest BCUT2D eigenvalue weighted by Gasteiger charge is -2.38. The van der Waals surface area contributed by atoms with Gasteiger partial charge in [0.25, 0.3) is 5.91 Å². The van der Waals surface area contributed by atoms with Crippen LogP contribution in [-0.2, 0) is 9.59 Å². The van der Waals surface area contributed by atoms with Gasteiger partial charge in [0.15, 0.2) is 0 Å². The number of hydrogen-bond acceptors (Lipinski definition) is 5. The number of imide groups is 1. The van der Waals surface area contributed by atoms with Crippen LogP contribution in [0.1, 0.15) is 6.42 Å². The zero-order valence-corrected chi connectivity index (χ0v) is 17.5. The van der Waals surface area contributed by atoms with Crippen LogP contribution >= 0.6 is 23.2 Å². The first-order chi connectivity index (χ1) is 14.0. The number of amides is 2. The fraction of sp³-hybridized carbons (Fsp3) is 0.333. The third-order valence-electron chi connectivity index (χ3n) is 5.46. The van der Waals surface area contributed by atoms with Crippen LogP contribution in [0.25, 0.3) is 0 Å². The molecule has 2 heterocycles. The molecule has 0 aliphatic carbocycles. The fourth-order valence-electron chi connectivity index (χ4n) is 3.95. The summed E-state index contributed by atoms with van der Waals surface area (Å²) in [6.07, 6.45) is 0.175. The highest BCUT2D eigenvalue weighted by Gasteiger charge is 2.43. The second-order valence-corrected chi connectivity index (χ2v) is 7.89. The van der Waals surface area contributed by atoms with E-state index >= 15 is 0 Å². The average molecular weight is 434 g/mol. The molecular formula is C21H21Cl2N3O3. The Morgan fingerprint density at radius 1 is 0.966 bits per heavy atom. The Balaban J connectivity index is 1.46. The number of halogens is 2. The van der Waals surface area contributed by atoms with Gasteiger partial charge in [-0.25, -0.2) is 4.90 Å². The van der Waals surface area contributed by atoms with Crippen molar-refractivity contribution < 1.29 is 14.3 Å². The van der Waals surface area contributed by atoms with E-state index in [2.05, 4.69) is 9.80 Å². The summed E-state index contributed by atoms with van der Waals surface area (Å²) in [4.78, 5) is 31.2. The standard InChI is InChI=1S/C21H21Cl2N3O3/c1-29-19-7-6-14(12-16(19)23)26-20(27)13-18(21(26)28)25-10-8-24(9-11-25)17-5-3-2-4-15(17)22/h2-7,12,18H,8-11,13H2,1H3. The van der Waals surface area contributed by atoms with Crippen LogP contribution in [0.2, 0.25) is 10.0 Å². The molecule has 0 bridgehead atoms. The van der Waals surface area contributed by atoms with E-state index in [9.17, 15) is 9.59 Å². The molecule has 0 radical (unpaired) electrons. The lowest BCUT2D eigenvalue weighted by molar-refractivity contribution is -0.123. The number of hydrogen-bond donors (Lipinski definition) is 0. The molecule has 1 atom stereocenters. The van der Waals surface area contributed by atoms with Gasteiger partial charge in [0, 0.05) is 26.2 Å². The van der Waals surface area contributed by atoms with E-state index in [1.807, 2.05) is 24.3 Å². The van der Waals surface area contributed by atoms with Gasteiger partial charge in [0.05, 0.1) is 41.0 Å². The molecule has 0 N–H and O–H groups in total. The van der Waals surface area contributed by atoms with E-state index in [0.717, 1.165) is 23.8 Å². The first-order valence-corrected chi connectivity index (χ1v) is 10.2. The molecule has 2 fully saturated rings. The van der Waals surface area contributed by atoms with E-state index < -0.39 is 6.04 Å². The number of rotatable bonds is 4. The number of anilines is 2. The van der Waals surface area contributed by atoms with Crippen LogP contribution in [-0.4, -0.2) is 56.0 Å². The van der Waals surface area contributed by atoms with Crippen LogP contribution in [0.15, 0.2) is 42.5 Å². The van der Waals surface area contributed by atoms with Crippen molar-refractivity contribution in [1.82, 2.24) is 4.90 Å². The quantitative estimate of drug-likeness (QED) is 0.691. The predicted molar refractivity (Wildman–Crippen MR) is 114 cm³/mol. The first-order valence-electron chi connectivity index (χ1n) is 9.43. The largest absolute Gasteiger partial charge is 0.495 e. The van der Waals surface area contributed by atoms with Crippen LogP contribution < -0.4 is 14.5 Å². The van der Waals surface area contributed by atoms with Gasteiger partial charge in [0.2, 0.25) is 5.91 Å². The van der Waals surface area contributed by atoms with Gasteiger partial charge in [-0.2, -0.15) is 0 Å². The number of ether oxygens (including phenoxy) is 1. The monoisotopic (exact) mass is 433 g/mol. The van der Waals surface area contributed by atoms with Gasteiger partial charge in [-0.05, 0) is 30.3 Å². The number of para-hydroxylation sites is 1. The van der Waals surface area contributed by atoms with E-state index in [4.69, 9.17) is 27.9 Å². The third kappa shape index (κ3) is 3.80. The van der Waals surface area contributed by atoms with E-state index in [1.54, 1.807) is 18.2 Å². The van der Waals surface area contributed by atoms with Gasteiger partial charge in [0.1, 0.15) is 5.75 Å². The summed E-state index contributed by atoms with van der Waals surface area (Å²) in [6.45, 7) is 2.87. The Morgan fingerprint density at radius 3 is 2.34 bits per heavy atom. The Bertz CT molecular complexity index is 945. The number of benzene rings is 2. The van der Waals surface area contributed by atoms with E-state index in [-0.39, 0.29) is 18.2 Å². The SMILES string of the molecule is COc1ccc(N2C(=O)CC(N3CCN(c4ccccc4Cl)CC3)C2=O)cc1Cl. The van der Waals surface area contributed by atoms with Gasteiger partial charge in [-0.3, -0.25) is 14.5 Å². The molecule has 0 saturated carbocycles. The van der Waals surface area contributed by atoms with Gasteiger partial charge in [-0.1, -0.05) is 35.3 Å². The van der Waals surface area contributed by atoms with Crippen molar-refractivity contribution >= 4 is 46.4 Å². The topological polar surface area (TPSA) is 53.1 Å². The highest BCUT2D eigenvalue weighted by molar-refractivity contribution is 6.33. The van der Waals surface area contributed by atoms with Crippen molar-refractivity contribution in [2.24, 2.45) is 0 Å². The zero-order chi connectivity index (χ0) is 20.5. The molecule has 0 spiro atoms. The summed E-state index contributed by atoms with van der Waals surface area (Å²) in [5.41, 5.74) is 1.47. The molecule has 4 rings (SSSR count). The number of carbonyl (C=O) groups is 2. The fourth-order valence-corrected chi connectivity index (χ4v) is 4.46. The summed E-state index contributed by atoms with van der Waals surface area (Å²) in [7, 11) is 1.52. The predicted octanol–water partition coefficient (Wildman–Crippen LogP) is 3.46. The number of nitrogens with zero attached hydrogens (tertiary/aromatic N) is 3. The van der Waals surface area contributed by atoms with Crippen molar-refractivity contribution in [3.8, 4) is 5.75 Å². The summed E-state index contributed by atoms with van der Waals surface area (Å²) in [6, 6.07) is 12.2. The third-order valence-corrected chi connectivity index (χ3v) is 6.08. The maximum atomic E-state index is 13.0. The molecule has 2 aliphatic heterocycles. The summed E-state index contributed by atoms with van der Waals surface area (Å²) < 4.78 is 5.14. The number of piperazine rings is 1. The van der Waals surface area contributed by atoms with Crippen LogP contribution in [0.3, 0.4) is 0 Å². The lowest BCUT2D eigenvalue weighted by Crippen LogP contribution is -2.52. The summed E-state index contributed by atoms with van der Waals surface area (Å²) >= 11 is 12.5. The van der Waals surface area contributed by atoms with Crippen molar-refractivity contribution in [2.75, 3.05) is 43.1 Å². The molecule has 29 heavy (non-hydrogen) atoms. The van der Waals surface area contributed by atoms with Crippen molar-refractivity contribution in [3.63, 3.8) is 0 Å². The minimum Gasteiger partial charge on any atom is -0.495 e. The molecule has 152 valence electrons. The first kappa shape index (κ1) is 20.0.